The second-order valence-corrected chi connectivity index (χ2v) is 7.30. The number of carbonyl (C=O) groups excluding carboxylic acids is 1. The molecule has 0 aromatic rings. The highest BCUT2D eigenvalue weighted by Gasteiger charge is 2.37. The van der Waals surface area contributed by atoms with E-state index in [9.17, 15) is 14.5 Å². The molecule has 19 heavy (non-hydrogen) atoms. The molecule has 1 N–H and O–H groups in total. The Kier molecular flexibility index (Phi) is 6.67. The molecule has 0 aliphatic heterocycles. The molecule has 0 saturated heterocycles. The highest BCUT2D eigenvalue weighted by molar-refractivity contribution is 7.54. The van der Waals surface area contributed by atoms with Crippen molar-refractivity contribution in [2.24, 2.45) is 11.8 Å². The third kappa shape index (κ3) is 4.67. The maximum Gasteiger partial charge on any atom is 0.358 e. The number of hydrogen-bond donors (Lipinski definition) is 1. The number of hydrogen-bond acceptors (Lipinski definition) is 5. The maximum absolute atomic E-state index is 12.4. The van der Waals surface area contributed by atoms with Gasteiger partial charge in [0.1, 0.15) is 5.78 Å². The number of aliphatic hydroxyl groups excluding tert-OH is 1. The highest BCUT2D eigenvalue weighted by atomic mass is 31.2. The number of ketones is 1. The number of Topliss-reactive ketones (excluding diaryl/α,β-unsaturated/α-hetero) is 1. The Hall–Kier alpha value is -0.220. The maximum atomic E-state index is 12.4. The Labute approximate surface area is 115 Å². The topological polar surface area (TPSA) is 72.8 Å². The number of carbonyl (C=O) groups is 1. The first kappa shape index (κ1) is 16.8. The molecule has 1 rings (SSSR count). The van der Waals surface area contributed by atoms with Crippen LogP contribution < -0.4 is 0 Å². The molecule has 5 nitrogen and oxygen atoms in total. The normalized spacial score (nSPS) is 23.6. The number of rotatable bonds is 8. The summed E-state index contributed by atoms with van der Waals surface area (Å²) in [5.41, 5.74) is 0. The summed E-state index contributed by atoms with van der Waals surface area (Å²) in [7, 11) is -3.45. The van der Waals surface area contributed by atoms with Crippen LogP contribution in [0.25, 0.3) is 0 Å². The van der Waals surface area contributed by atoms with Crippen LogP contribution in [0.2, 0.25) is 0 Å². The average molecular weight is 292 g/mol. The third-order valence-corrected chi connectivity index (χ3v) is 5.83. The van der Waals surface area contributed by atoms with Crippen LogP contribution in [0.4, 0.5) is 0 Å². The van der Waals surface area contributed by atoms with Gasteiger partial charge >= 0.3 is 7.60 Å². The molecule has 0 spiro atoms. The van der Waals surface area contributed by atoms with E-state index in [1.807, 2.05) is 6.92 Å². The fraction of sp³-hybridized carbons (Fsp3) is 0.923. The standard InChI is InChI=1S/C13H25O5P/c1-4-17-19(16,18-5-2)13(15)8-10(3)11-6-7-12(14)9-11/h10-11,13,15H,4-9H2,1-3H3. The minimum Gasteiger partial charge on any atom is -0.380 e. The smallest absolute Gasteiger partial charge is 0.358 e. The van der Waals surface area contributed by atoms with Crippen LogP contribution >= 0.6 is 7.60 Å². The highest BCUT2D eigenvalue weighted by Crippen LogP contribution is 2.54. The molecule has 0 bridgehead atoms. The molecular weight excluding hydrogens is 267 g/mol. The van der Waals surface area contributed by atoms with E-state index >= 15 is 0 Å². The average Bonchev–Trinajstić information content (AvgIpc) is 2.76. The molecule has 0 heterocycles. The van der Waals surface area contributed by atoms with Gasteiger partial charge in [-0.1, -0.05) is 6.92 Å². The molecule has 1 aliphatic rings. The largest absolute Gasteiger partial charge is 0.380 e. The zero-order valence-corrected chi connectivity index (χ0v) is 12.9. The Balaban J connectivity index is 2.58. The molecule has 0 aromatic carbocycles. The lowest BCUT2D eigenvalue weighted by Crippen LogP contribution is -2.20. The Morgan fingerprint density at radius 1 is 1.37 bits per heavy atom. The molecule has 0 amide bonds. The van der Waals surface area contributed by atoms with Gasteiger partial charge in [-0.3, -0.25) is 9.36 Å². The molecule has 1 fully saturated rings. The lowest BCUT2D eigenvalue weighted by atomic mass is 9.90. The quantitative estimate of drug-likeness (QED) is 0.696. The van der Waals surface area contributed by atoms with Crippen LogP contribution in [0.3, 0.4) is 0 Å². The second kappa shape index (κ2) is 7.53. The SMILES string of the molecule is CCOP(=O)(OCC)C(O)CC(C)C1CCC(=O)C1. The summed E-state index contributed by atoms with van der Waals surface area (Å²) < 4.78 is 22.6. The van der Waals surface area contributed by atoms with Gasteiger partial charge in [0.15, 0.2) is 5.85 Å². The zero-order chi connectivity index (χ0) is 14.5. The lowest BCUT2D eigenvalue weighted by Gasteiger charge is -2.26. The molecule has 3 unspecified atom stereocenters. The fourth-order valence-corrected chi connectivity index (χ4v) is 4.28. The lowest BCUT2D eigenvalue weighted by molar-refractivity contribution is -0.117. The molecule has 6 heteroatoms. The molecule has 1 aliphatic carbocycles. The van der Waals surface area contributed by atoms with E-state index in [0.717, 1.165) is 6.42 Å². The van der Waals surface area contributed by atoms with Crippen molar-refractivity contribution in [3.63, 3.8) is 0 Å². The van der Waals surface area contributed by atoms with Crippen molar-refractivity contribution in [2.75, 3.05) is 13.2 Å². The van der Waals surface area contributed by atoms with Gasteiger partial charge < -0.3 is 14.2 Å². The van der Waals surface area contributed by atoms with E-state index in [1.165, 1.54) is 0 Å². The molecule has 0 aromatic heterocycles. The monoisotopic (exact) mass is 292 g/mol. The summed E-state index contributed by atoms with van der Waals surface area (Å²) in [6.07, 6.45) is 2.40. The minimum absolute atomic E-state index is 0.135. The van der Waals surface area contributed by atoms with Gasteiger partial charge in [-0.05, 0) is 38.5 Å². The van der Waals surface area contributed by atoms with Gasteiger partial charge in [-0.15, -0.1) is 0 Å². The first-order chi connectivity index (χ1) is 8.92. The first-order valence-corrected chi connectivity index (χ1v) is 8.62. The zero-order valence-electron chi connectivity index (χ0n) is 12.0. The van der Waals surface area contributed by atoms with Gasteiger partial charge in [0.25, 0.3) is 0 Å². The van der Waals surface area contributed by atoms with Crippen molar-refractivity contribution in [2.45, 2.75) is 52.3 Å². The van der Waals surface area contributed by atoms with Crippen LogP contribution in [-0.2, 0) is 18.4 Å². The minimum atomic E-state index is -3.45. The van der Waals surface area contributed by atoms with Gasteiger partial charge in [0.2, 0.25) is 0 Å². The van der Waals surface area contributed by atoms with Crippen molar-refractivity contribution in [1.82, 2.24) is 0 Å². The van der Waals surface area contributed by atoms with Crippen LogP contribution in [0.15, 0.2) is 0 Å². The van der Waals surface area contributed by atoms with E-state index < -0.39 is 13.4 Å². The van der Waals surface area contributed by atoms with Gasteiger partial charge in [-0.2, -0.15) is 0 Å². The third-order valence-electron chi connectivity index (χ3n) is 3.65. The Morgan fingerprint density at radius 3 is 2.37 bits per heavy atom. The second-order valence-electron chi connectivity index (χ2n) is 5.11. The summed E-state index contributed by atoms with van der Waals surface area (Å²) in [6.45, 7) is 5.90. The van der Waals surface area contributed by atoms with Crippen molar-refractivity contribution in [1.29, 1.82) is 0 Å². The van der Waals surface area contributed by atoms with Gasteiger partial charge in [0, 0.05) is 12.8 Å². The van der Waals surface area contributed by atoms with Crippen molar-refractivity contribution < 1.29 is 23.5 Å². The fourth-order valence-electron chi connectivity index (χ4n) is 2.55. The molecule has 3 atom stereocenters. The van der Waals surface area contributed by atoms with E-state index in [1.54, 1.807) is 13.8 Å². The Bertz CT molecular complexity index is 334. The van der Waals surface area contributed by atoms with Gasteiger partial charge in [0.05, 0.1) is 13.2 Å². The van der Waals surface area contributed by atoms with Crippen LogP contribution in [0.5, 0.6) is 0 Å². The molecular formula is C13H25O5P. The summed E-state index contributed by atoms with van der Waals surface area (Å²) >= 11 is 0. The van der Waals surface area contributed by atoms with E-state index in [2.05, 4.69) is 0 Å². The van der Waals surface area contributed by atoms with Gasteiger partial charge in [-0.25, -0.2) is 0 Å². The van der Waals surface area contributed by atoms with Crippen LogP contribution in [0, 0.1) is 11.8 Å². The van der Waals surface area contributed by atoms with Crippen molar-refractivity contribution in [3.8, 4) is 0 Å². The van der Waals surface area contributed by atoms with E-state index in [0.29, 0.717) is 19.3 Å². The predicted molar refractivity (Wildman–Crippen MR) is 73.0 cm³/mol. The molecule has 0 radical (unpaired) electrons. The number of aliphatic hydroxyl groups is 1. The van der Waals surface area contributed by atoms with E-state index in [-0.39, 0.29) is 30.8 Å². The van der Waals surface area contributed by atoms with Crippen LogP contribution in [-0.4, -0.2) is 29.9 Å². The molecule has 112 valence electrons. The summed E-state index contributed by atoms with van der Waals surface area (Å²) in [5, 5.41) is 10.1. The summed E-state index contributed by atoms with van der Waals surface area (Å²) in [4.78, 5) is 11.3. The van der Waals surface area contributed by atoms with Crippen LogP contribution in [0.1, 0.15) is 46.5 Å². The predicted octanol–water partition coefficient (Wildman–Crippen LogP) is 2.97. The first-order valence-electron chi connectivity index (χ1n) is 7.01. The van der Waals surface area contributed by atoms with E-state index in [4.69, 9.17) is 9.05 Å². The summed E-state index contributed by atoms with van der Waals surface area (Å²) in [5.74, 6) is -0.420. The molecule has 1 saturated carbocycles. The summed E-state index contributed by atoms with van der Waals surface area (Å²) in [6, 6.07) is 0. The Morgan fingerprint density at radius 2 is 1.95 bits per heavy atom. The van der Waals surface area contributed by atoms with Crippen molar-refractivity contribution >= 4 is 13.4 Å². The van der Waals surface area contributed by atoms with Crippen molar-refractivity contribution in [3.05, 3.63) is 0 Å².